The second-order valence-electron chi connectivity index (χ2n) is 4.12. The van der Waals surface area contributed by atoms with Gasteiger partial charge in [-0.25, -0.2) is 10.4 Å². The quantitative estimate of drug-likeness (QED) is 0.375. The van der Waals surface area contributed by atoms with E-state index in [1.807, 2.05) is 0 Å². The van der Waals surface area contributed by atoms with Crippen molar-refractivity contribution in [3.8, 4) is 11.5 Å². The second kappa shape index (κ2) is 7.02. The van der Waals surface area contributed by atoms with Crippen molar-refractivity contribution < 1.29 is 19.0 Å². The number of aromatic nitrogens is 2. The highest BCUT2D eigenvalue weighted by atomic mass is 16.5. The van der Waals surface area contributed by atoms with E-state index in [0.717, 1.165) is 6.20 Å². The van der Waals surface area contributed by atoms with Gasteiger partial charge in [-0.1, -0.05) is 0 Å². The summed E-state index contributed by atoms with van der Waals surface area (Å²) in [4.78, 5) is 15.5. The molecule has 8 heteroatoms. The summed E-state index contributed by atoms with van der Waals surface area (Å²) in [6.07, 6.45) is 4.92. The van der Waals surface area contributed by atoms with E-state index < -0.39 is 5.91 Å². The van der Waals surface area contributed by atoms with Gasteiger partial charge in [0.25, 0.3) is 5.91 Å². The first-order valence-electron chi connectivity index (χ1n) is 6.24. The molecule has 0 atom stereocenters. The number of hydrogen-bond donors (Lipinski definition) is 1. The van der Waals surface area contributed by atoms with Crippen LogP contribution in [0.15, 0.2) is 41.9 Å². The van der Waals surface area contributed by atoms with Crippen LogP contribution < -0.4 is 19.6 Å². The zero-order valence-corrected chi connectivity index (χ0v) is 12.0. The van der Waals surface area contributed by atoms with E-state index in [0.29, 0.717) is 21.8 Å². The third kappa shape index (κ3) is 3.69. The molecule has 0 unspecified atom stereocenters. The highest BCUT2D eigenvalue weighted by Gasteiger charge is 2.09. The molecule has 0 radical (unpaired) electrons. The first-order chi connectivity index (χ1) is 10.6. The largest absolute Gasteiger partial charge is 0.619 e. The Morgan fingerprint density at radius 3 is 2.82 bits per heavy atom. The van der Waals surface area contributed by atoms with Crippen LogP contribution in [0.4, 0.5) is 0 Å². The van der Waals surface area contributed by atoms with Crippen molar-refractivity contribution in [2.45, 2.75) is 0 Å². The van der Waals surface area contributed by atoms with Gasteiger partial charge in [-0.2, -0.15) is 9.83 Å². The number of benzene rings is 1. The van der Waals surface area contributed by atoms with Crippen molar-refractivity contribution in [1.82, 2.24) is 10.4 Å². The molecule has 8 nitrogen and oxygen atoms in total. The lowest BCUT2D eigenvalue weighted by molar-refractivity contribution is -0.606. The maximum absolute atomic E-state index is 11.7. The van der Waals surface area contributed by atoms with Crippen molar-refractivity contribution in [3.63, 3.8) is 0 Å². The predicted molar refractivity (Wildman–Crippen MR) is 77.8 cm³/mol. The molecule has 0 saturated carbocycles. The minimum atomic E-state index is -0.582. The van der Waals surface area contributed by atoms with E-state index in [9.17, 15) is 10.0 Å². The van der Waals surface area contributed by atoms with Gasteiger partial charge in [-0.05, 0) is 23.8 Å². The van der Waals surface area contributed by atoms with Crippen molar-refractivity contribution in [2.24, 2.45) is 5.10 Å². The summed E-state index contributed by atoms with van der Waals surface area (Å²) >= 11 is 0. The van der Waals surface area contributed by atoms with Gasteiger partial charge in [-0.15, -0.1) is 0 Å². The number of hydrazone groups is 1. The van der Waals surface area contributed by atoms with Crippen LogP contribution in [-0.2, 0) is 0 Å². The van der Waals surface area contributed by atoms with Crippen LogP contribution in [0.2, 0.25) is 0 Å². The molecule has 1 aromatic heterocycles. The Hall–Kier alpha value is -3.16. The van der Waals surface area contributed by atoms with Gasteiger partial charge in [0.1, 0.15) is 0 Å². The summed E-state index contributed by atoms with van der Waals surface area (Å²) < 4.78 is 10.8. The number of methoxy groups -OCH3 is 2. The fourth-order valence-electron chi connectivity index (χ4n) is 1.65. The van der Waals surface area contributed by atoms with Gasteiger partial charge in [-0.3, -0.25) is 4.79 Å². The first-order valence-corrected chi connectivity index (χ1v) is 6.24. The molecule has 0 aliphatic heterocycles. The maximum Gasteiger partial charge on any atom is 0.296 e. The predicted octanol–water partition coefficient (Wildman–Crippen LogP) is 0.496. The van der Waals surface area contributed by atoms with E-state index >= 15 is 0 Å². The molecule has 0 fully saturated rings. The smallest absolute Gasteiger partial charge is 0.296 e. The van der Waals surface area contributed by atoms with E-state index in [1.165, 1.54) is 25.7 Å². The third-order valence-electron chi connectivity index (χ3n) is 2.70. The Morgan fingerprint density at radius 2 is 2.14 bits per heavy atom. The average Bonchev–Trinajstić information content (AvgIpc) is 2.54. The minimum Gasteiger partial charge on any atom is -0.619 e. The lowest BCUT2D eigenvalue weighted by atomic mass is 10.2. The topological polar surface area (TPSA) is 99.8 Å². The molecule has 0 spiro atoms. The summed E-state index contributed by atoms with van der Waals surface area (Å²) in [6.45, 7) is 0. The maximum atomic E-state index is 11.7. The van der Waals surface area contributed by atoms with E-state index in [-0.39, 0.29) is 5.69 Å². The van der Waals surface area contributed by atoms with Crippen LogP contribution in [0.1, 0.15) is 16.1 Å². The molecular formula is C14H14N4O4. The zero-order valence-electron chi connectivity index (χ0n) is 12.0. The number of carbonyl (C=O) groups excluding carboxylic acids is 1. The number of nitrogens with one attached hydrogen (secondary N) is 1. The molecule has 1 aromatic carbocycles. The third-order valence-corrected chi connectivity index (χ3v) is 2.70. The van der Waals surface area contributed by atoms with Gasteiger partial charge >= 0.3 is 0 Å². The van der Waals surface area contributed by atoms with E-state index in [2.05, 4.69) is 15.5 Å². The summed E-state index contributed by atoms with van der Waals surface area (Å²) in [5.74, 6) is 0.564. The monoisotopic (exact) mass is 302 g/mol. The molecule has 0 aliphatic rings. The summed E-state index contributed by atoms with van der Waals surface area (Å²) in [5, 5.41) is 14.9. The Kier molecular flexibility index (Phi) is 4.86. The molecule has 22 heavy (non-hydrogen) atoms. The second-order valence-corrected chi connectivity index (χ2v) is 4.12. The molecule has 2 aromatic rings. The lowest BCUT2D eigenvalue weighted by Crippen LogP contribution is -2.29. The fourth-order valence-corrected chi connectivity index (χ4v) is 1.65. The molecule has 1 amide bonds. The van der Waals surface area contributed by atoms with Gasteiger partial charge < -0.3 is 14.7 Å². The molecule has 114 valence electrons. The Morgan fingerprint density at radius 1 is 1.36 bits per heavy atom. The van der Waals surface area contributed by atoms with Gasteiger partial charge in [0.15, 0.2) is 23.4 Å². The Balaban J connectivity index is 2.05. The van der Waals surface area contributed by atoms with Crippen LogP contribution in [-0.4, -0.2) is 31.3 Å². The fraction of sp³-hybridized carbons (Fsp3) is 0.143. The van der Waals surface area contributed by atoms with E-state index in [1.54, 1.807) is 25.3 Å². The first kappa shape index (κ1) is 15.2. The molecule has 0 bridgehead atoms. The van der Waals surface area contributed by atoms with Gasteiger partial charge in [0, 0.05) is 0 Å². The van der Waals surface area contributed by atoms with Crippen LogP contribution >= 0.6 is 0 Å². The Bertz CT molecular complexity index is 703. The van der Waals surface area contributed by atoms with E-state index in [4.69, 9.17) is 9.47 Å². The van der Waals surface area contributed by atoms with Gasteiger partial charge in [0.2, 0.25) is 6.20 Å². The number of nitrogens with zero attached hydrogens (tertiary/aromatic N) is 3. The van der Waals surface area contributed by atoms with Crippen molar-refractivity contribution in [1.29, 1.82) is 0 Å². The van der Waals surface area contributed by atoms with Crippen LogP contribution in [0.5, 0.6) is 11.5 Å². The van der Waals surface area contributed by atoms with Crippen molar-refractivity contribution >= 4 is 12.1 Å². The van der Waals surface area contributed by atoms with Crippen LogP contribution in [0.3, 0.4) is 0 Å². The van der Waals surface area contributed by atoms with Crippen LogP contribution in [0.25, 0.3) is 0 Å². The molecule has 2 rings (SSSR count). The minimum absolute atomic E-state index is 0.0260. The highest BCUT2D eigenvalue weighted by Crippen LogP contribution is 2.26. The van der Waals surface area contributed by atoms with Gasteiger partial charge in [0.05, 0.1) is 26.6 Å². The summed E-state index contributed by atoms with van der Waals surface area (Å²) in [7, 11) is 3.07. The highest BCUT2D eigenvalue weighted by molar-refractivity contribution is 5.92. The number of ether oxygens (including phenoxy) is 2. The van der Waals surface area contributed by atoms with Crippen molar-refractivity contribution in [3.05, 3.63) is 53.3 Å². The molecule has 1 heterocycles. The summed E-state index contributed by atoms with van der Waals surface area (Å²) in [5.41, 5.74) is 2.96. The van der Waals surface area contributed by atoms with Crippen LogP contribution in [0, 0.1) is 5.21 Å². The molecule has 0 saturated heterocycles. The Labute approximate surface area is 126 Å². The number of rotatable bonds is 5. The standard InChI is InChI=1S/C14H14N4O4/c1-21-12-4-3-10(7-13(12)22-2)8-16-17-14(19)11-9-18(20)6-5-15-11/h3-9H,1-2H3,(H,17,19)/b16-8+. The number of hydrogen-bond acceptors (Lipinski definition) is 6. The normalized spacial score (nSPS) is 10.5. The lowest BCUT2D eigenvalue weighted by Gasteiger charge is -2.07. The zero-order chi connectivity index (χ0) is 15.9. The average molecular weight is 302 g/mol. The SMILES string of the molecule is COc1ccc(/C=N/NC(=O)c2c[n+]([O-])ccn2)cc1OC. The molecule has 1 N–H and O–H groups in total. The summed E-state index contributed by atoms with van der Waals surface area (Å²) in [6, 6.07) is 5.19. The number of carbonyl (C=O) groups is 1. The molecular weight excluding hydrogens is 288 g/mol. The molecule has 0 aliphatic carbocycles. The number of amides is 1. The van der Waals surface area contributed by atoms with Crippen molar-refractivity contribution in [2.75, 3.05) is 14.2 Å².